The number of rotatable bonds is 5. The van der Waals surface area contributed by atoms with Crippen LogP contribution in [0.3, 0.4) is 0 Å². The van der Waals surface area contributed by atoms with Crippen LogP contribution >= 0.6 is 0 Å². The van der Waals surface area contributed by atoms with Gasteiger partial charge in [0.05, 0.1) is 35.7 Å². The average Bonchev–Trinajstić information content (AvgIpc) is 3.12. The number of non-ortho nitro benzene ring substituents is 1. The molecule has 1 aromatic rings. The zero-order chi connectivity index (χ0) is 22.1. The second-order valence-electron chi connectivity index (χ2n) is 7.45. The molecule has 2 aliphatic heterocycles. The number of allylic oxidation sites excluding steroid dienone is 2. The van der Waals surface area contributed by atoms with Crippen LogP contribution in [0.2, 0.25) is 0 Å². The molecular weight excluding hydrogens is 392 g/mol. The number of carbonyl (C=O) groups is 2. The van der Waals surface area contributed by atoms with Crippen molar-refractivity contribution in [3.63, 3.8) is 0 Å². The molecule has 0 saturated carbocycles. The number of methoxy groups -OCH3 is 1. The molecule has 1 N–H and O–H groups in total. The van der Waals surface area contributed by atoms with Gasteiger partial charge >= 0.3 is 11.9 Å². The summed E-state index contributed by atoms with van der Waals surface area (Å²) in [6.45, 7) is 5.55. The third-order valence-electron chi connectivity index (χ3n) is 5.29. The van der Waals surface area contributed by atoms with Crippen molar-refractivity contribution < 1.29 is 28.7 Å². The van der Waals surface area contributed by atoms with Gasteiger partial charge in [-0.05, 0) is 25.8 Å². The summed E-state index contributed by atoms with van der Waals surface area (Å²) in [6, 6.07) is 5.84. The summed E-state index contributed by atoms with van der Waals surface area (Å²) in [7, 11) is 1.24. The number of nitro groups is 1. The van der Waals surface area contributed by atoms with Gasteiger partial charge in [-0.25, -0.2) is 9.59 Å². The SMILES string of the molecule is COC(=O)C1=C(C)NC(C)=C(C(=O)OC2(C)CCCO2)C1c1cccc([N+](=O)[O-])c1. The molecule has 9 nitrogen and oxygen atoms in total. The molecule has 0 aromatic heterocycles. The van der Waals surface area contributed by atoms with Gasteiger partial charge in [0, 0.05) is 36.9 Å². The predicted octanol–water partition coefficient (Wildman–Crippen LogP) is 3.07. The predicted molar refractivity (Wildman–Crippen MR) is 106 cm³/mol. The minimum Gasteiger partial charge on any atom is -0.466 e. The minimum absolute atomic E-state index is 0.149. The van der Waals surface area contributed by atoms with Crippen LogP contribution in [0.25, 0.3) is 0 Å². The van der Waals surface area contributed by atoms with E-state index in [4.69, 9.17) is 14.2 Å². The Balaban J connectivity index is 2.11. The molecule has 0 amide bonds. The second-order valence-corrected chi connectivity index (χ2v) is 7.45. The highest BCUT2D eigenvalue weighted by Gasteiger charge is 2.41. The van der Waals surface area contributed by atoms with Crippen LogP contribution in [-0.2, 0) is 23.8 Å². The monoisotopic (exact) mass is 416 g/mol. The van der Waals surface area contributed by atoms with Gasteiger partial charge in [0.1, 0.15) is 0 Å². The topological polar surface area (TPSA) is 117 Å². The lowest BCUT2D eigenvalue weighted by atomic mass is 9.80. The number of hydrogen-bond acceptors (Lipinski definition) is 8. The highest BCUT2D eigenvalue weighted by Crippen LogP contribution is 2.41. The van der Waals surface area contributed by atoms with Crippen molar-refractivity contribution in [3.05, 3.63) is 62.5 Å². The summed E-state index contributed by atoms with van der Waals surface area (Å²) < 4.78 is 16.2. The van der Waals surface area contributed by atoms with E-state index in [0.29, 0.717) is 30.0 Å². The molecule has 0 radical (unpaired) electrons. The molecule has 1 fully saturated rings. The maximum absolute atomic E-state index is 13.2. The summed E-state index contributed by atoms with van der Waals surface area (Å²) in [5.41, 5.74) is 1.61. The summed E-state index contributed by atoms with van der Waals surface area (Å²) in [6.07, 6.45) is 1.32. The molecule has 3 rings (SSSR count). The van der Waals surface area contributed by atoms with Gasteiger partial charge in [-0.3, -0.25) is 10.1 Å². The van der Waals surface area contributed by atoms with Crippen LogP contribution in [0.5, 0.6) is 0 Å². The minimum atomic E-state index is -1.06. The maximum atomic E-state index is 13.2. The van der Waals surface area contributed by atoms with E-state index in [1.807, 2.05) is 0 Å². The van der Waals surface area contributed by atoms with E-state index in [1.165, 1.54) is 25.3 Å². The lowest BCUT2D eigenvalue weighted by molar-refractivity contribution is -0.384. The quantitative estimate of drug-likeness (QED) is 0.442. The van der Waals surface area contributed by atoms with Gasteiger partial charge < -0.3 is 19.5 Å². The number of nitrogens with one attached hydrogen (secondary N) is 1. The summed E-state index contributed by atoms with van der Waals surface area (Å²) in [4.78, 5) is 36.6. The molecule has 30 heavy (non-hydrogen) atoms. The number of nitro benzene ring substituents is 1. The Bertz CT molecular complexity index is 958. The molecular formula is C21H24N2O7. The third-order valence-corrected chi connectivity index (χ3v) is 5.29. The van der Waals surface area contributed by atoms with E-state index >= 15 is 0 Å². The van der Waals surface area contributed by atoms with Crippen molar-refractivity contribution in [3.8, 4) is 0 Å². The Kier molecular flexibility index (Phi) is 5.93. The van der Waals surface area contributed by atoms with Gasteiger partial charge in [0.25, 0.3) is 5.69 Å². The highest BCUT2D eigenvalue weighted by molar-refractivity contribution is 6.00. The van der Waals surface area contributed by atoms with E-state index in [0.717, 1.165) is 6.42 Å². The molecule has 2 aliphatic rings. The van der Waals surface area contributed by atoms with Crippen LogP contribution in [0, 0.1) is 10.1 Å². The number of dihydropyridines is 1. The van der Waals surface area contributed by atoms with Crippen molar-refractivity contribution >= 4 is 17.6 Å². The molecule has 1 aromatic carbocycles. The van der Waals surface area contributed by atoms with E-state index < -0.39 is 28.6 Å². The number of benzene rings is 1. The van der Waals surface area contributed by atoms with Gasteiger partial charge in [-0.1, -0.05) is 12.1 Å². The smallest absolute Gasteiger partial charge is 0.339 e. The Morgan fingerprint density at radius 2 is 1.90 bits per heavy atom. The van der Waals surface area contributed by atoms with Crippen LogP contribution in [-0.4, -0.2) is 36.4 Å². The molecule has 0 spiro atoms. The van der Waals surface area contributed by atoms with E-state index in [9.17, 15) is 19.7 Å². The van der Waals surface area contributed by atoms with Crippen molar-refractivity contribution in [2.45, 2.75) is 45.3 Å². The first-order valence-corrected chi connectivity index (χ1v) is 9.55. The van der Waals surface area contributed by atoms with E-state index in [-0.39, 0.29) is 16.8 Å². The first-order chi connectivity index (χ1) is 14.2. The fraction of sp³-hybridized carbons (Fsp3) is 0.429. The van der Waals surface area contributed by atoms with Crippen LogP contribution in [0.15, 0.2) is 46.8 Å². The normalized spacial score (nSPS) is 23.8. The maximum Gasteiger partial charge on any atom is 0.339 e. The molecule has 1 saturated heterocycles. The van der Waals surface area contributed by atoms with Crippen molar-refractivity contribution in [1.82, 2.24) is 5.32 Å². The number of ether oxygens (including phenoxy) is 3. The molecule has 2 atom stereocenters. The van der Waals surface area contributed by atoms with Gasteiger partial charge in [-0.15, -0.1) is 0 Å². The van der Waals surface area contributed by atoms with Crippen molar-refractivity contribution in [2.24, 2.45) is 0 Å². The van der Waals surface area contributed by atoms with Crippen molar-refractivity contribution in [1.29, 1.82) is 0 Å². The Morgan fingerprint density at radius 3 is 2.47 bits per heavy atom. The molecule has 0 bridgehead atoms. The number of carbonyl (C=O) groups excluding carboxylic acids is 2. The largest absolute Gasteiger partial charge is 0.466 e. The summed E-state index contributed by atoms with van der Waals surface area (Å²) in [5.74, 6) is -3.25. The lowest BCUT2D eigenvalue weighted by Gasteiger charge is -2.32. The third kappa shape index (κ3) is 4.06. The van der Waals surface area contributed by atoms with E-state index in [2.05, 4.69) is 5.32 Å². The molecule has 9 heteroatoms. The van der Waals surface area contributed by atoms with Crippen LogP contribution in [0.1, 0.15) is 45.1 Å². The fourth-order valence-electron chi connectivity index (χ4n) is 3.88. The van der Waals surface area contributed by atoms with Crippen LogP contribution in [0.4, 0.5) is 5.69 Å². The van der Waals surface area contributed by atoms with Gasteiger partial charge in [0.2, 0.25) is 5.79 Å². The zero-order valence-electron chi connectivity index (χ0n) is 17.3. The number of nitrogens with zero attached hydrogens (tertiary/aromatic N) is 1. The molecule has 2 unspecified atom stereocenters. The average molecular weight is 416 g/mol. The molecule has 0 aliphatic carbocycles. The molecule has 2 heterocycles. The van der Waals surface area contributed by atoms with Crippen molar-refractivity contribution in [2.75, 3.05) is 13.7 Å². The summed E-state index contributed by atoms with van der Waals surface area (Å²) >= 11 is 0. The van der Waals surface area contributed by atoms with Gasteiger partial charge in [-0.2, -0.15) is 0 Å². The summed E-state index contributed by atoms with van der Waals surface area (Å²) in [5, 5.41) is 14.3. The number of esters is 2. The first-order valence-electron chi connectivity index (χ1n) is 9.55. The Labute approximate surface area is 173 Å². The standard InChI is InChI=1S/C21H24N2O7/c1-12-16(19(24)28-4)18(14-7-5-8-15(11-14)23(26)27)17(13(2)22-12)20(25)30-21(3)9-6-10-29-21/h5,7-8,11,18,22H,6,9-10H2,1-4H3. The Morgan fingerprint density at radius 1 is 1.23 bits per heavy atom. The fourth-order valence-corrected chi connectivity index (χ4v) is 3.88. The van der Waals surface area contributed by atoms with Gasteiger partial charge in [0.15, 0.2) is 0 Å². The Hall–Kier alpha value is -3.20. The highest BCUT2D eigenvalue weighted by atomic mass is 16.7. The first kappa shape index (κ1) is 21.5. The molecule has 160 valence electrons. The van der Waals surface area contributed by atoms with E-state index in [1.54, 1.807) is 26.8 Å². The van der Waals surface area contributed by atoms with Crippen LogP contribution < -0.4 is 5.32 Å². The lowest BCUT2D eigenvalue weighted by Crippen LogP contribution is -2.36. The zero-order valence-corrected chi connectivity index (χ0v) is 17.3. The second kappa shape index (κ2) is 8.27. The number of hydrogen-bond donors (Lipinski definition) is 1.